The third-order valence-corrected chi connectivity index (χ3v) is 4.78. The van der Waals surface area contributed by atoms with E-state index >= 15 is 0 Å². The predicted molar refractivity (Wildman–Crippen MR) is 96.9 cm³/mol. The van der Waals surface area contributed by atoms with Gasteiger partial charge in [0.25, 0.3) is 0 Å². The van der Waals surface area contributed by atoms with Crippen molar-refractivity contribution in [1.29, 1.82) is 5.26 Å². The number of para-hydroxylation sites is 1. The fourth-order valence-electron chi connectivity index (χ4n) is 3.03. The van der Waals surface area contributed by atoms with Crippen LogP contribution < -0.4 is 10.5 Å². The first-order chi connectivity index (χ1) is 12.2. The Morgan fingerprint density at radius 3 is 2.68 bits per heavy atom. The van der Waals surface area contributed by atoms with Crippen LogP contribution in [0.5, 0.6) is 0 Å². The van der Waals surface area contributed by atoms with Crippen LogP contribution in [-0.2, 0) is 4.84 Å². The third-order valence-electron chi connectivity index (χ3n) is 4.25. The lowest BCUT2D eigenvalue weighted by atomic mass is 10.0. The van der Waals surface area contributed by atoms with Crippen LogP contribution in [0.25, 0.3) is 11.0 Å². The Morgan fingerprint density at radius 1 is 1.16 bits per heavy atom. The number of nitrogens with zero attached hydrogens (tertiary/aromatic N) is 2. The molecule has 1 aromatic heterocycles. The molecule has 124 valence electrons. The Kier molecular flexibility index (Phi) is 4.04. The Bertz CT molecular complexity index is 1020. The standard InChI is InChI=1S/C19H13BrN2O3/c20-12-5-7-13(8-6-12)22-17(9-14(10-21)25-22)16-11-24-18-4-2-1-3-15(18)19(16)23/h1-8,11,14,17H,9H2. The molecule has 2 heterocycles. The first-order valence-corrected chi connectivity index (χ1v) is 8.58. The van der Waals surface area contributed by atoms with Gasteiger partial charge < -0.3 is 4.42 Å². The molecule has 0 amide bonds. The average Bonchev–Trinajstić information content (AvgIpc) is 3.07. The maximum absolute atomic E-state index is 12.9. The topological polar surface area (TPSA) is 66.5 Å². The number of hydroxylamine groups is 1. The van der Waals surface area contributed by atoms with Gasteiger partial charge in [-0.3, -0.25) is 9.63 Å². The molecule has 0 aliphatic carbocycles. The van der Waals surface area contributed by atoms with Gasteiger partial charge >= 0.3 is 0 Å². The third kappa shape index (κ3) is 2.82. The number of hydrogen-bond donors (Lipinski definition) is 0. The molecule has 5 nitrogen and oxygen atoms in total. The Morgan fingerprint density at radius 2 is 1.92 bits per heavy atom. The highest BCUT2D eigenvalue weighted by Crippen LogP contribution is 2.37. The minimum Gasteiger partial charge on any atom is -0.464 e. The van der Waals surface area contributed by atoms with Crippen LogP contribution in [0, 0.1) is 11.3 Å². The van der Waals surface area contributed by atoms with E-state index in [0.717, 1.165) is 10.2 Å². The number of anilines is 1. The largest absolute Gasteiger partial charge is 0.464 e. The zero-order chi connectivity index (χ0) is 17.4. The first kappa shape index (κ1) is 15.9. The molecule has 0 radical (unpaired) electrons. The number of hydrogen-bond acceptors (Lipinski definition) is 5. The smallest absolute Gasteiger partial charge is 0.198 e. The minimum atomic E-state index is -0.612. The molecule has 1 aliphatic rings. The zero-order valence-electron chi connectivity index (χ0n) is 13.1. The molecule has 0 N–H and O–H groups in total. The van der Waals surface area contributed by atoms with E-state index in [1.807, 2.05) is 30.3 Å². The molecule has 1 saturated heterocycles. The van der Waals surface area contributed by atoms with Crippen molar-refractivity contribution in [1.82, 2.24) is 0 Å². The van der Waals surface area contributed by atoms with Crippen molar-refractivity contribution in [3.8, 4) is 6.07 Å². The molecule has 4 rings (SSSR count). The molecule has 3 aromatic rings. The van der Waals surface area contributed by atoms with Crippen LogP contribution in [-0.4, -0.2) is 6.10 Å². The van der Waals surface area contributed by atoms with E-state index in [4.69, 9.17) is 9.25 Å². The number of halogens is 1. The fourth-order valence-corrected chi connectivity index (χ4v) is 3.30. The van der Waals surface area contributed by atoms with Gasteiger partial charge in [-0.15, -0.1) is 0 Å². The van der Waals surface area contributed by atoms with Crippen LogP contribution in [0.15, 0.2) is 68.5 Å². The molecule has 6 heteroatoms. The van der Waals surface area contributed by atoms with Gasteiger partial charge in [0.2, 0.25) is 0 Å². The number of benzene rings is 2. The predicted octanol–water partition coefficient (Wildman–Crippen LogP) is 4.33. The van der Waals surface area contributed by atoms with Gasteiger partial charge in [0.15, 0.2) is 11.5 Å². The first-order valence-electron chi connectivity index (χ1n) is 7.79. The lowest BCUT2D eigenvalue weighted by Crippen LogP contribution is -2.26. The molecular formula is C19H13BrN2O3. The summed E-state index contributed by atoms with van der Waals surface area (Å²) in [6.45, 7) is 0. The van der Waals surface area contributed by atoms with Crippen molar-refractivity contribution in [3.63, 3.8) is 0 Å². The van der Waals surface area contributed by atoms with Gasteiger partial charge in [-0.1, -0.05) is 28.1 Å². The van der Waals surface area contributed by atoms with Gasteiger partial charge in [-0.2, -0.15) is 5.26 Å². The van der Waals surface area contributed by atoms with Gasteiger partial charge in [0.1, 0.15) is 11.8 Å². The molecule has 1 fully saturated rings. The van der Waals surface area contributed by atoms with Crippen molar-refractivity contribution in [2.24, 2.45) is 0 Å². The van der Waals surface area contributed by atoms with Crippen molar-refractivity contribution in [3.05, 3.63) is 75.1 Å². The molecule has 25 heavy (non-hydrogen) atoms. The lowest BCUT2D eigenvalue weighted by Gasteiger charge is -2.24. The molecular weight excluding hydrogens is 384 g/mol. The Labute approximate surface area is 152 Å². The summed E-state index contributed by atoms with van der Waals surface area (Å²) in [6, 6.07) is 16.4. The highest BCUT2D eigenvalue weighted by Gasteiger charge is 2.37. The summed E-state index contributed by atoms with van der Waals surface area (Å²) in [4.78, 5) is 18.7. The highest BCUT2D eigenvalue weighted by molar-refractivity contribution is 9.10. The van der Waals surface area contributed by atoms with E-state index in [0.29, 0.717) is 23.0 Å². The van der Waals surface area contributed by atoms with Gasteiger partial charge in [-0.25, -0.2) is 5.06 Å². The molecule has 0 bridgehead atoms. The normalized spacial score (nSPS) is 19.9. The number of fused-ring (bicyclic) bond motifs is 1. The van der Waals surface area contributed by atoms with E-state index in [1.165, 1.54) is 6.26 Å². The van der Waals surface area contributed by atoms with Gasteiger partial charge in [0, 0.05) is 10.9 Å². The zero-order valence-corrected chi connectivity index (χ0v) is 14.6. The van der Waals surface area contributed by atoms with E-state index < -0.39 is 6.10 Å². The molecule has 2 atom stereocenters. The van der Waals surface area contributed by atoms with Crippen molar-refractivity contribution >= 4 is 32.6 Å². The molecule has 0 saturated carbocycles. The highest BCUT2D eigenvalue weighted by atomic mass is 79.9. The number of nitriles is 1. The van der Waals surface area contributed by atoms with Crippen molar-refractivity contribution in [2.45, 2.75) is 18.6 Å². The van der Waals surface area contributed by atoms with E-state index in [1.54, 1.807) is 23.3 Å². The quantitative estimate of drug-likeness (QED) is 0.644. The maximum atomic E-state index is 12.9. The van der Waals surface area contributed by atoms with E-state index in [9.17, 15) is 10.1 Å². The second-order valence-electron chi connectivity index (χ2n) is 5.79. The van der Waals surface area contributed by atoms with Gasteiger partial charge in [0.05, 0.1) is 28.7 Å². The summed E-state index contributed by atoms with van der Waals surface area (Å²) in [5, 5.41) is 11.4. The summed E-state index contributed by atoms with van der Waals surface area (Å²) in [6.07, 6.45) is 1.26. The second-order valence-corrected chi connectivity index (χ2v) is 6.71. The summed E-state index contributed by atoms with van der Waals surface area (Å²) >= 11 is 3.40. The SMILES string of the molecule is N#CC1CC(c2coc3ccccc3c2=O)N(c2ccc(Br)cc2)O1. The van der Waals surface area contributed by atoms with Crippen molar-refractivity contribution in [2.75, 3.05) is 5.06 Å². The van der Waals surface area contributed by atoms with Crippen LogP contribution in [0.1, 0.15) is 18.0 Å². The molecule has 2 unspecified atom stereocenters. The second kappa shape index (κ2) is 6.36. The fraction of sp³-hybridized carbons (Fsp3) is 0.158. The van der Waals surface area contributed by atoms with Crippen LogP contribution in [0.2, 0.25) is 0 Å². The van der Waals surface area contributed by atoms with Crippen LogP contribution in [0.4, 0.5) is 5.69 Å². The molecule has 2 aromatic carbocycles. The van der Waals surface area contributed by atoms with Crippen LogP contribution >= 0.6 is 15.9 Å². The Hall–Kier alpha value is -2.62. The summed E-state index contributed by atoms with van der Waals surface area (Å²) < 4.78 is 6.57. The van der Waals surface area contributed by atoms with Gasteiger partial charge in [-0.05, 0) is 36.4 Å². The summed E-state index contributed by atoms with van der Waals surface area (Å²) in [7, 11) is 0. The van der Waals surface area contributed by atoms with E-state index in [-0.39, 0.29) is 11.5 Å². The summed E-state index contributed by atoms with van der Waals surface area (Å²) in [5.74, 6) is 0. The summed E-state index contributed by atoms with van der Waals surface area (Å²) in [5.41, 5.74) is 1.70. The average molecular weight is 397 g/mol. The monoisotopic (exact) mass is 396 g/mol. The van der Waals surface area contributed by atoms with E-state index in [2.05, 4.69) is 22.0 Å². The van der Waals surface area contributed by atoms with Crippen LogP contribution in [0.3, 0.4) is 0 Å². The Balaban J connectivity index is 1.81. The van der Waals surface area contributed by atoms with Crippen molar-refractivity contribution < 1.29 is 9.25 Å². The maximum Gasteiger partial charge on any atom is 0.198 e. The molecule has 0 spiro atoms. The number of rotatable bonds is 2. The lowest BCUT2D eigenvalue weighted by molar-refractivity contribution is 0.118. The molecule has 1 aliphatic heterocycles. The minimum absolute atomic E-state index is 0.101.